The third-order valence-electron chi connectivity index (χ3n) is 8.26. The van der Waals surface area contributed by atoms with Gasteiger partial charge in [0.2, 0.25) is 0 Å². The minimum atomic E-state index is -0.301. The van der Waals surface area contributed by atoms with Gasteiger partial charge in [0.25, 0.3) is 0 Å². The largest absolute Gasteiger partial charge is 0.460 e. The van der Waals surface area contributed by atoms with E-state index in [-0.39, 0.29) is 11.6 Å². The Hall–Kier alpha value is -0.530. The number of esters is 1. The second kappa shape index (κ2) is 29.5. The Morgan fingerprint density at radius 1 is 0.421 bits per heavy atom. The molecule has 0 fully saturated rings. The van der Waals surface area contributed by atoms with E-state index >= 15 is 0 Å². The van der Waals surface area contributed by atoms with Gasteiger partial charge in [0, 0.05) is 6.42 Å². The molecule has 0 bridgehead atoms. The maximum atomic E-state index is 12.3. The lowest BCUT2D eigenvalue weighted by Crippen LogP contribution is -2.27. The molecular weight excluding hydrogens is 464 g/mol. The summed E-state index contributed by atoms with van der Waals surface area (Å²) in [5.41, 5.74) is -0.301. The molecule has 0 aromatic heterocycles. The SMILES string of the molecule is CCCCCCCCCCCCCCCCCC(C)(C)OC(=O)CCCCCCCCCCCCCCC. The number of unbranched alkanes of at least 4 members (excludes halogenated alkanes) is 26. The van der Waals surface area contributed by atoms with Crippen molar-refractivity contribution in [2.45, 2.75) is 226 Å². The van der Waals surface area contributed by atoms with E-state index in [9.17, 15) is 4.79 Å². The van der Waals surface area contributed by atoms with Gasteiger partial charge in [-0.25, -0.2) is 0 Å². The average Bonchev–Trinajstić information content (AvgIpc) is 2.88. The molecule has 228 valence electrons. The number of carbonyl (C=O) groups excluding carboxylic acids is 1. The van der Waals surface area contributed by atoms with Crippen molar-refractivity contribution in [2.75, 3.05) is 0 Å². The standard InChI is InChI=1S/C36H72O2/c1-5-7-9-11-13-15-17-19-20-22-24-26-28-30-32-34-36(3,4)38-35(37)33-31-29-27-25-23-21-18-16-14-12-10-8-6-2/h5-34H2,1-4H3. The van der Waals surface area contributed by atoms with E-state index in [1.807, 2.05) is 0 Å². The van der Waals surface area contributed by atoms with Crippen molar-refractivity contribution >= 4 is 5.97 Å². The van der Waals surface area contributed by atoms with Crippen LogP contribution in [0, 0.1) is 0 Å². The average molecular weight is 537 g/mol. The zero-order chi connectivity index (χ0) is 28.0. The molecule has 0 radical (unpaired) electrons. The number of hydrogen-bond donors (Lipinski definition) is 0. The Labute approximate surface area is 241 Å². The summed E-state index contributed by atoms with van der Waals surface area (Å²) < 4.78 is 5.83. The van der Waals surface area contributed by atoms with Crippen molar-refractivity contribution in [3.8, 4) is 0 Å². The summed E-state index contributed by atoms with van der Waals surface area (Å²) in [5, 5.41) is 0. The first-order valence-electron chi connectivity index (χ1n) is 17.7. The highest BCUT2D eigenvalue weighted by atomic mass is 16.6. The molecule has 0 aromatic rings. The molecule has 0 atom stereocenters. The van der Waals surface area contributed by atoms with Crippen LogP contribution < -0.4 is 0 Å². The van der Waals surface area contributed by atoms with Crippen LogP contribution in [0.3, 0.4) is 0 Å². The summed E-state index contributed by atoms with van der Waals surface area (Å²) >= 11 is 0. The molecule has 0 aliphatic rings. The van der Waals surface area contributed by atoms with Crippen LogP contribution in [0.1, 0.15) is 220 Å². The van der Waals surface area contributed by atoms with E-state index in [0.29, 0.717) is 6.42 Å². The highest BCUT2D eigenvalue weighted by Crippen LogP contribution is 2.21. The van der Waals surface area contributed by atoms with Crippen molar-refractivity contribution in [1.82, 2.24) is 0 Å². The van der Waals surface area contributed by atoms with Crippen LogP contribution >= 0.6 is 0 Å². The van der Waals surface area contributed by atoms with Crippen molar-refractivity contribution in [3.05, 3.63) is 0 Å². The monoisotopic (exact) mass is 537 g/mol. The molecule has 0 aliphatic heterocycles. The van der Waals surface area contributed by atoms with Crippen molar-refractivity contribution in [3.63, 3.8) is 0 Å². The van der Waals surface area contributed by atoms with Gasteiger partial charge in [0.15, 0.2) is 0 Å². The molecule has 0 unspecified atom stereocenters. The third kappa shape index (κ3) is 30.0. The first kappa shape index (κ1) is 37.5. The van der Waals surface area contributed by atoms with Crippen LogP contribution in [0.25, 0.3) is 0 Å². The molecule has 0 rings (SSSR count). The third-order valence-corrected chi connectivity index (χ3v) is 8.26. The minimum Gasteiger partial charge on any atom is -0.460 e. The van der Waals surface area contributed by atoms with Crippen LogP contribution in [-0.2, 0) is 9.53 Å². The Kier molecular flexibility index (Phi) is 29.0. The summed E-state index contributed by atoms with van der Waals surface area (Å²) in [6.45, 7) is 8.77. The Morgan fingerprint density at radius 2 is 0.684 bits per heavy atom. The lowest BCUT2D eigenvalue weighted by Gasteiger charge is -2.25. The van der Waals surface area contributed by atoms with Crippen LogP contribution in [0.15, 0.2) is 0 Å². The summed E-state index contributed by atoms with van der Waals surface area (Å²) in [6, 6.07) is 0. The summed E-state index contributed by atoms with van der Waals surface area (Å²) in [7, 11) is 0. The van der Waals surface area contributed by atoms with E-state index in [1.165, 1.54) is 173 Å². The van der Waals surface area contributed by atoms with Gasteiger partial charge < -0.3 is 4.74 Å². The molecule has 0 amide bonds. The Balaban J connectivity index is 3.41. The van der Waals surface area contributed by atoms with E-state index in [2.05, 4.69) is 27.7 Å². The molecule has 2 nitrogen and oxygen atoms in total. The van der Waals surface area contributed by atoms with Gasteiger partial charge in [-0.15, -0.1) is 0 Å². The molecule has 0 spiro atoms. The molecule has 2 heteroatoms. The molecule has 38 heavy (non-hydrogen) atoms. The van der Waals surface area contributed by atoms with Crippen molar-refractivity contribution in [1.29, 1.82) is 0 Å². The van der Waals surface area contributed by atoms with Crippen LogP contribution in [0.2, 0.25) is 0 Å². The maximum absolute atomic E-state index is 12.3. The minimum absolute atomic E-state index is 0.0130. The topological polar surface area (TPSA) is 26.3 Å². The van der Waals surface area contributed by atoms with Gasteiger partial charge in [-0.05, 0) is 33.1 Å². The van der Waals surface area contributed by atoms with Crippen molar-refractivity contribution in [2.24, 2.45) is 0 Å². The molecular formula is C36H72O2. The summed E-state index contributed by atoms with van der Waals surface area (Å²) in [4.78, 5) is 12.3. The fraction of sp³-hybridized carbons (Fsp3) is 0.972. The van der Waals surface area contributed by atoms with Crippen molar-refractivity contribution < 1.29 is 9.53 Å². The predicted molar refractivity (Wildman–Crippen MR) is 170 cm³/mol. The van der Waals surface area contributed by atoms with Crippen LogP contribution in [-0.4, -0.2) is 11.6 Å². The molecule has 0 heterocycles. The smallest absolute Gasteiger partial charge is 0.306 e. The van der Waals surface area contributed by atoms with Gasteiger partial charge in [-0.3, -0.25) is 4.79 Å². The highest BCUT2D eigenvalue weighted by Gasteiger charge is 2.21. The Morgan fingerprint density at radius 3 is 1.00 bits per heavy atom. The lowest BCUT2D eigenvalue weighted by molar-refractivity contribution is -0.157. The zero-order valence-corrected chi connectivity index (χ0v) is 27.0. The molecule has 0 saturated heterocycles. The predicted octanol–water partition coefficient (Wildman–Crippen LogP) is 13.1. The second-order valence-electron chi connectivity index (χ2n) is 12.9. The number of rotatable bonds is 31. The second-order valence-corrected chi connectivity index (χ2v) is 12.9. The molecule has 0 saturated carbocycles. The zero-order valence-electron chi connectivity index (χ0n) is 27.0. The first-order chi connectivity index (χ1) is 18.5. The molecule has 0 aromatic carbocycles. The fourth-order valence-electron chi connectivity index (χ4n) is 5.62. The van der Waals surface area contributed by atoms with E-state index < -0.39 is 0 Å². The van der Waals surface area contributed by atoms with Gasteiger partial charge >= 0.3 is 5.97 Å². The van der Waals surface area contributed by atoms with E-state index in [0.717, 1.165) is 12.8 Å². The summed E-state index contributed by atoms with van der Waals surface area (Å²) in [5.74, 6) is 0.0130. The van der Waals surface area contributed by atoms with Gasteiger partial charge in [0.1, 0.15) is 5.60 Å². The highest BCUT2D eigenvalue weighted by molar-refractivity contribution is 5.69. The van der Waals surface area contributed by atoms with Crippen LogP contribution in [0.5, 0.6) is 0 Å². The van der Waals surface area contributed by atoms with Gasteiger partial charge in [0.05, 0.1) is 0 Å². The summed E-state index contributed by atoms with van der Waals surface area (Å²) in [6.07, 6.45) is 39.8. The maximum Gasteiger partial charge on any atom is 0.306 e. The van der Waals surface area contributed by atoms with Crippen LogP contribution in [0.4, 0.5) is 0 Å². The van der Waals surface area contributed by atoms with E-state index in [1.54, 1.807) is 0 Å². The first-order valence-corrected chi connectivity index (χ1v) is 17.7. The quantitative estimate of drug-likeness (QED) is 0.0650. The normalized spacial score (nSPS) is 11.8. The fourth-order valence-corrected chi connectivity index (χ4v) is 5.62. The van der Waals surface area contributed by atoms with Gasteiger partial charge in [-0.2, -0.15) is 0 Å². The van der Waals surface area contributed by atoms with Gasteiger partial charge in [-0.1, -0.05) is 181 Å². The molecule has 0 N–H and O–H groups in total. The lowest BCUT2D eigenvalue weighted by atomic mass is 9.98. The Bertz CT molecular complexity index is 470. The van der Waals surface area contributed by atoms with E-state index in [4.69, 9.17) is 4.74 Å². The number of hydrogen-bond acceptors (Lipinski definition) is 2. The number of ether oxygens (including phenoxy) is 1. The number of carbonyl (C=O) groups is 1. The molecule has 0 aliphatic carbocycles.